The molecule has 108 valence electrons. The van der Waals surface area contributed by atoms with Crippen LogP contribution in [0, 0.1) is 11.8 Å². The van der Waals surface area contributed by atoms with Crippen molar-refractivity contribution in [1.29, 1.82) is 0 Å². The van der Waals surface area contributed by atoms with Gasteiger partial charge in [-0.05, 0) is 31.6 Å². The van der Waals surface area contributed by atoms with Gasteiger partial charge in [0.2, 0.25) is 0 Å². The summed E-state index contributed by atoms with van der Waals surface area (Å²) in [5.74, 6) is 1.05. The summed E-state index contributed by atoms with van der Waals surface area (Å²) in [6.45, 7) is 4.74. The summed E-state index contributed by atoms with van der Waals surface area (Å²) in [7, 11) is 0. The standard InChI is InChI=1S/C14H25N3O2/c1-9-4-2-6-17(8-9)14(18)16-12-11(15)10-5-3-7-19-13(10)12/h9-13H,2-8,15H2,1H3,(H,16,18). The third-order valence-corrected chi connectivity index (χ3v) is 4.91. The lowest BCUT2D eigenvalue weighted by Crippen LogP contribution is -2.73. The number of carbonyl (C=O) groups is 1. The van der Waals surface area contributed by atoms with Crippen molar-refractivity contribution in [3.05, 3.63) is 0 Å². The average Bonchev–Trinajstić information content (AvgIpc) is 2.44. The van der Waals surface area contributed by atoms with Gasteiger partial charge in [0.05, 0.1) is 12.1 Å². The monoisotopic (exact) mass is 267 g/mol. The van der Waals surface area contributed by atoms with Crippen LogP contribution in [0.3, 0.4) is 0 Å². The number of hydrogen-bond acceptors (Lipinski definition) is 3. The van der Waals surface area contributed by atoms with Crippen molar-refractivity contribution in [1.82, 2.24) is 10.2 Å². The highest BCUT2D eigenvalue weighted by molar-refractivity contribution is 5.75. The largest absolute Gasteiger partial charge is 0.376 e. The third kappa shape index (κ3) is 2.46. The Kier molecular flexibility index (Phi) is 3.67. The lowest BCUT2D eigenvalue weighted by atomic mass is 9.69. The summed E-state index contributed by atoms with van der Waals surface area (Å²) in [6, 6.07) is 0.117. The zero-order valence-corrected chi connectivity index (χ0v) is 11.7. The van der Waals surface area contributed by atoms with E-state index in [-0.39, 0.29) is 24.2 Å². The molecule has 0 aromatic carbocycles. The van der Waals surface area contributed by atoms with Gasteiger partial charge >= 0.3 is 6.03 Å². The fraction of sp³-hybridized carbons (Fsp3) is 0.929. The Morgan fingerprint density at radius 2 is 2.21 bits per heavy atom. The highest BCUT2D eigenvalue weighted by atomic mass is 16.5. The van der Waals surface area contributed by atoms with E-state index < -0.39 is 0 Å². The van der Waals surface area contributed by atoms with E-state index in [4.69, 9.17) is 10.5 Å². The summed E-state index contributed by atoms with van der Waals surface area (Å²) in [5, 5.41) is 3.09. The number of hydrogen-bond donors (Lipinski definition) is 2. The van der Waals surface area contributed by atoms with Crippen LogP contribution in [0.1, 0.15) is 32.6 Å². The second-order valence-corrected chi connectivity index (χ2v) is 6.39. The summed E-state index contributed by atoms with van der Waals surface area (Å²) in [4.78, 5) is 14.2. The van der Waals surface area contributed by atoms with Gasteiger partial charge < -0.3 is 20.7 Å². The van der Waals surface area contributed by atoms with Crippen molar-refractivity contribution < 1.29 is 9.53 Å². The van der Waals surface area contributed by atoms with E-state index in [1.807, 2.05) is 4.90 Å². The highest BCUT2D eigenvalue weighted by Crippen LogP contribution is 2.37. The Morgan fingerprint density at radius 3 is 3.00 bits per heavy atom. The Morgan fingerprint density at radius 1 is 1.37 bits per heavy atom. The van der Waals surface area contributed by atoms with Crippen molar-refractivity contribution in [2.24, 2.45) is 17.6 Å². The topological polar surface area (TPSA) is 67.6 Å². The molecule has 0 bridgehead atoms. The van der Waals surface area contributed by atoms with E-state index in [0.29, 0.717) is 11.8 Å². The molecule has 5 heteroatoms. The predicted molar refractivity (Wildman–Crippen MR) is 72.7 cm³/mol. The molecule has 2 aliphatic heterocycles. The van der Waals surface area contributed by atoms with Gasteiger partial charge in [-0.3, -0.25) is 0 Å². The molecule has 3 aliphatic rings. The van der Waals surface area contributed by atoms with Gasteiger partial charge in [-0.2, -0.15) is 0 Å². The Bertz CT molecular complexity index is 350. The molecule has 3 fully saturated rings. The van der Waals surface area contributed by atoms with Crippen LogP contribution in [0.5, 0.6) is 0 Å². The summed E-state index contributed by atoms with van der Waals surface area (Å²) < 4.78 is 5.76. The Hall–Kier alpha value is -0.810. The number of carbonyl (C=O) groups excluding carboxylic acids is 1. The zero-order valence-electron chi connectivity index (χ0n) is 11.7. The van der Waals surface area contributed by atoms with E-state index in [2.05, 4.69) is 12.2 Å². The maximum atomic E-state index is 12.3. The fourth-order valence-electron chi connectivity index (χ4n) is 3.73. The van der Waals surface area contributed by atoms with Crippen molar-refractivity contribution in [2.75, 3.05) is 19.7 Å². The molecule has 5 unspecified atom stereocenters. The lowest BCUT2D eigenvalue weighted by Gasteiger charge is -2.52. The summed E-state index contributed by atoms with van der Waals surface area (Å²) in [6.07, 6.45) is 4.71. The highest BCUT2D eigenvalue weighted by Gasteiger charge is 2.51. The Balaban J connectivity index is 1.54. The number of rotatable bonds is 1. The molecule has 5 nitrogen and oxygen atoms in total. The number of ether oxygens (including phenoxy) is 1. The van der Waals surface area contributed by atoms with Crippen LogP contribution in [0.15, 0.2) is 0 Å². The minimum atomic E-state index is 0.00929. The first-order valence-corrected chi connectivity index (χ1v) is 7.59. The molecule has 0 aromatic heterocycles. The van der Waals surface area contributed by atoms with Crippen LogP contribution in [0.4, 0.5) is 4.79 Å². The van der Waals surface area contributed by atoms with Crippen LogP contribution in [-0.2, 0) is 4.74 Å². The van der Waals surface area contributed by atoms with Crippen LogP contribution in [-0.4, -0.2) is 48.8 Å². The molecule has 19 heavy (non-hydrogen) atoms. The molecule has 3 rings (SSSR count). The predicted octanol–water partition coefficient (Wildman–Crippen LogP) is 0.933. The maximum Gasteiger partial charge on any atom is 0.317 e. The van der Waals surface area contributed by atoms with Crippen LogP contribution in [0.25, 0.3) is 0 Å². The SMILES string of the molecule is CC1CCCN(C(=O)NC2C(N)C3CCCOC32)C1. The van der Waals surface area contributed by atoms with Crippen molar-refractivity contribution in [3.63, 3.8) is 0 Å². The van der Waals surface area contributed by atoms with E-state index in [9.17, 15) is 4.79 Å². The number of piperidine rings is 1. The number of amides is 2. The first-order chi connectivity index (χ1) is 9.16. The number of urea groups is 1. The molecule has 0 radical (unpaired) electrons. The molecule has 0 spiro atoms. The molecule has 1 saturated carbocycles. The maximum absolute atomic E-state index is 12.3. The lowest BCUT2D eigenvalue weighted by molar-refractivity contribution is -0.117. The quantitative estimate of drug-likeness (QED) is 0.743. The number of fused-ring (bicyclic) bond motifs is 1. The van der Waals surface area contributed by atoms with Gasteiger partial charge in [-0.15, -0.1) is 0 Å². The number of nitrogens with zero attached hydrogens (tertiary/aromatic N) is 1. The molecule has 5 atom stereocenters. The third-order valence-electron chi connectivity index (χ3n) is 4.91. The molecule has 0 aromatic rings. The van der Waals surface area contributed by atoms with Gasteiger partial charge in [-0.1, -0.05) is 6.92 Å². The molecule has 2 amide bonds. The normalized spacial score (nSPS) is 42.2. The van der Waals surface area contributed by atoms with Crippen LogP contribution < -0.4 is 11.1 Å². The molecule has 3 N–H and O–H groups in total. The van der Waals surface area contributed by atoms with Gasteiger partial charge in [0.25, 0.3) is 0 Å². The smallest absolute Gasteiger partial charge is 0.317 e. The zero-order chi connectivity index (χ0) is 13.4. The second kappa shape index (κ2) is 5.29. The molecule has 2 saturated heterocycles. The fourth-order valence-corrected chi connectivity index (χ4v) is 3.73. The second-order valence-electron chi connectivity index (χ2n) is 6.39. The summed E-state index contributed by atoms with van der Waals surface area (Å²) in [5.41, 5.74) is 6.17. The van der Waals surface area contributed by atoms with E-state index in [1.165, 1.54) is 6.42 Å². The average molecular weight is 267 g/mol. The van der Waals surface area contributed by atoms with E-state index >= 15 is 0 Å². The molecular formula is C14H25N3O2. The van der Waals surface area contributed by atoms with E-state index in [1.54, 1.807) is 0 Å². The minimum absolute atomic E-state index is 0.00929. The number of nitrogens with one attached hydrogen (secondary N) is 1. The first kappa shape index (κ1) is 13.2. The number of likely N-dealkylation sites (tertiary alicyclic amines) is 1. The van der Waals surface area contributed by atoms with Crippen molar-refractivity contribution >= 4 is 6.03 Å². The van der Waals surface area contributed by atoms with Crippen molar-refractivity contribution in [3.8, 4) is 0 Å². The minimum Gasteiger partial charge on any atom is -0.376 e. The van der Waals surface area contributed by atoms with Gasteiger partial charge in [0, 0.05) is 31.7 Å². The van der Waals surface area contributed by atoms with E-state index in [0.717, 1.165) is 39.0 Å². The first-order valence-electron chi connectivity index (χ1n) is 7.59. The van der Waals surface area contributed by atoms with Gasteiger partial charge in [-0.25, -0.2) is 4.79 Å². The van der Waals surface area contributed by atoms with Gasteiger partial charge in [0.1, 0.15) is 0 Å². The van der Waals surface area contributed by atoms with Gasteiger partial charge in [0.15, 0.2) is 0 Å². The van der Waals surface area contributed by atoms with Crippen LogP contribution in [0.2, 0.25) is 0 Å². The molecule has 1 aliphatic carbocycles. The van der Waals surface area contributed by atoms with Crippen molar-refractivity contribution in [2.45, 2.75) is 50.8 Å². The Labute approximate surface area is 114 Å². The molecular weight excluding hydrogens is 242 g/mol. The summed E-state index contributed by atoms with van der Waals surface area (Å²) >= 11 is 0. The number of nitrogens with two attached hydrogens (primary N) is 1. The molecule has 2 heterocycles. The van der Waals surface area contributed by atoms with Crippen LogP contribution >= 0.6 is 0 Å².